The SMILES string of the molecule is Cc1cc(C(=O)Nc2c(C)cccc2N)ccn1. The van der Waals surface area contributed by atoms with E-state index in [2.05, 4.69) is 10.3 Å². The fourth-order valence-electron chi connectivity index (χ4n) is 1.73. The van der Waals surface area contributed by atoms with Crippen molar-refractivity contribution in [1.82, 2.24) is 4.98 Å². The molecule has 0 saturated heterocycles. The molecule has 0 aliphatic rings. The second-order valence-electron chi connectivity index (χ2n) is 4.18. The van der Waals surface area contributed by atoms with Crippen molar-refractivity contribution in [2.45, 2.75) is 13.8 Å². The number of aryl methyl sites for hydroxylation is 2. The molecule has 92 valence electrons. The molecule has 0 spiro atoms. The molecular formula is C14H15N3O. The van der Waals surface area contributed by atoms with Gasteiger partial charge in [-0.2, -0.15) is 0 Å². The number of rotatable bonds is 2. The molecule has 0 atom stereocenters. The number of para-hydroxylation sites is 1. The van der Waals surface area contributed by atoms with E-state index in [4.69, 9.17) is 5.73 Å². The van der Waals surface area contributed by atoms with Crippen molar-refractivity contribution in [2.24, 2.45) is 0 Å². The number of nitrogens with zero attached hydrogens (tertiary/aromatic N) is 1. The minimum atomic E-state index is -0.179. The standard InChI is InChI=1S/C14H15N3O/c1-9-4-3-5-12(15)13(9)17-14(18)11-6-7-16-10(2)8-11/h3-8H,15H2,1-2H3,(H,17,18). The van der Waals surface area contributed by atoms with E-state index in [0.29, 0.717) is 16.9 Å². The monoisotopic (exact) mass is 241 g/mol. The molecule has 0 aliphatic heterocycles. The van der Waals surface area contributed by atoms with Crippen LogP contribution in [0, 0.1) is 13.8 Å². The Morgan fingerprint density at radius 3 is 2.72 bits per heavy atom. The molecule has 18 heavy (non-hydrogen) atoms. The number of amides is 1. The van der Waals surface area contributed by atoms with Crippen LogP contribution in [0.3, 0.4) is 0 Å². The van der Waals surface area contributed by atoms with E-state index in [-0.39, 0.29) is 5.91 Å². The van der Waals surface area contributed by atoms with Crippen molar-refractivity contribution in [2.75, 3.05) is 11.1 Å². The van der Waals surface area contributed by atoms with Crippen LogP contribution in [0.15, 0.2) is 36.5 Å². The number of aromatic nitrogens is 1. The van der Waals surface area contributed by atoms with Gasteiger partial charge in [0.25, 0.3) is 5.91 Å². The fourth-order valence-corrected chi connectivity index (χ4v) is 1.73. The minimum Gasteiger partial charge on any atom is -0.397 e. The lowest BCUT2D eigenvalue weighted by molar-refractivity contribution is 0.102. The maximum absolute atomic E-state index is 12.1. The highest BCUT2D eigenvalue weighted by molar-refractivity contribution is 6.06. The molecule has 2 rings (SSSR count). The lowest BCUT2D eigenvalue weighted by atomic mass is 10.1. The molecule has 0 aliphatic carbocycles. The first-order valence-electron chi connectivity index (χ1n) is 5.67. The first kappa shape index (κ1) is 12.1. The largest absolute Gasteiger partial charge is 0.397 e. The average molecular weight is 241 g/mol. The van der Waals surface area contributed by atoms with E-state index < -0.39 is 0 Å². The zero-order valence-electron chi connectivity index (χ0n) is 10.4. The summed E-state index contributed by atoms with van der Waals surface area (Å²) in [5, 5.41) is 2.83. The minimum absolute atomic E-state index is 0.179. The first-order valence-corrected chi connectivity index (χ1v) is 5.67. The smallest absolute Gasteiger partial charge is 0.255 e. The number of benzene rings is 1. The van der Waals surface area contributed by atoms with Crippen molar-refractivity contribution in [3.05, 3.63) is 53.3 Å². The summed E-state index contributed by atoms with van der Waals surface area (Å²) in [4.78, 5) is 16.1. The quantitative estimate of drug-likeness (QED) is 0.794. The van der Waals surface area contributed by atoms with E-state index >= 15 is 0 Å². The highest BCUT2D eigenvalue weighted by Crippen LogP contribution is 2.23. The summed E-state index contributed by atoms with van der Waals surface area (Å²) in [6.45, 7) is 3.75. The number of nitrogens with two attached hydrogens (primary N) is 1. The van der Waals surface area contributed by atoms with E-state index in [1.807, 2.05) is 26.0 Å². The van der Waals surface area contributed by atoms with Gasteiger partial charge in [-0.15, -0.1) is 0 Å². The van der Waals surface area contributed by atoms with Gasteiger partial charge in [-0.05, 0) is 37.6 Å². The van der Waals surface area contributed by atoms with Crippen molar-refractivity contribution < 1.29 is 4.79 Å². The average Bonchev–Trinajstić information content (AvgIpc) is 2.34. The van der Waals surface area contributed by atoms with E-state index in [1.165, 1.54) is 0 Å². The predicted molar refractivity (Wildman–Crippen MR) is 72.5 cm³/mol. The van der Waals surface area contributed by atoms with Gasteiger partial charge in [0, 0.05) is 17.5 Å². The van der Waals surface area contributed by atoms with Crippen LogP contribution in [0.1, 0.15) is 21.6 Å². The molecule has 1 aromatic heterocycles. The molecule has 0 fully saturated rings. The van der Waals surface area contributed by atoms with Crippen molar-refractivity contribution in [1.29, 1.82) is 0 Å². The third-order valence-corrected chi connectivity index (χ3v) is 2.70. The third-order valence-electron chi connectivity index (χ3n) is 2.70. The number of pyridine rings is 1. The van der Waals surface area contributed by atoms with Gasteiger partial charge >= 0.3 is 0 Å². The summed E-state index contributed by atoms with van der Waals surface area (Å²) in [5.74, 6) is -0.179. The van der Waals surface area contributed by atoms with Gasteiger partial charge in [-0.25, -0.2) is 0 Å². The second kappa shape index (κ2) is 4.87. The topological polar surface area (TPSA) is 68.0 Å². The Morgan fingerprint density at radius 2 is 2.06 bits per heavy atom. The maximum atomic E-state index is 12.1. The molecule has 1 amide bonds. The second-order valence-corrected chi connectivity index (χ2v) is 4.18. The Bertz CT molecular complexity index is 573. The number of hydrogen-bond donors (Lipinski definition) is 2. The highest BCUT2D eigenvalue weighted by Gasteiger charge is 2.10. The Kier molecular flexibility index (Phi) is 3.28. The molecule has 0 unspecified atom stereocenters. The van der Waals surface area contributed by atoms with Crippen LogP contribution < -0.4 is 11.1 Å². The highest BCUT2D eigenvalue weighted by atomic mass is 16.1. The van der Waals surface area contributed by atoms with Gasteiger partial charge in [0.1, 0.15) is 0 Å². The molecule has 0 saturated carbocycles. The molecule has 0 radical (unpaired) electrons. The molecule has 0 bridgehead atoms. The Balaban J connectivity index is 2.27. The predicted octanol–water partition coefficient (Wildman–Crippen LogP) is 2.53. The van der Waals surface area contributed by atoms with E-state index in [9.17, 15) is 4.79 Å². The number of carbonyl (C=O) groups excluding carboxylic acids is 1. The van der Waals surface area contributed by atoms with Gasteiger partial charge in [-0.1, -0.05) is 12.1 Å². The van der Waals surface area contributed by atoms with Crippen LogP contribution in [0.5, 0.6) is 0 Å². The van der Waals surface area contributed by atoms with Gasteiger partial charge < -0.3 is 11.1 Å². The van der Waals surface area contributed by atoms with Crippen LogP contribution in [-0.4, -0.2) is 10.9 Å². The van der Waals surface area contributed by atoms with Crippen LogP contribution in [0.2, 0.25) is 0 Å². The number of anilines is 2. The lowest BCUT2D eigenvalue weighted by Gasteiger charge is -2.11. The Labute approximate surface area is 106 Å². The molecule has 1 heterocycles. The molecular weight excluding hydrogens is 226 g/mol. The van der Waals surface area contributed by atoms with Gasteiger partial charge in [0.05, 0.1) is 11.4 Å². The van der Waals surface area contributed by atoms with E-state index in [0.717, 1.165) is 11.3 Å². The number of nitrogens with one attached hydrogen (secondary N) is 1. The summed E-state index contributed by atoms with van der Waals surface area (Å²) >= 11 is 0. The van der Waals surface area contributed by atoms with Gasteiger partial charge in [-0.3, -0.25) is 9.78 Å². The van der Waals surface area contributed by atoms with Crippen LogP contribution >= 0.6 is 0 Å². The van der Waals surface area contributed by atoms with Gasteiger partial charge in [0.15, 0.2) is 0 Å². The number of hydrogen-bond acceptors (Lipinski definition) is 3. The third kappa shape index (κ3) is 2.48. The summed E-state index contributed by atoms with van der Waals surface area (Å²) in [6.07, 6.45) is 1.62. The van der Waals surface area contributed by atoms with Crippen molar-refractivity contribution >= 4 is 17.3 Å². The maximum Gasteiger partial charge on any atom is 0.255 e. The first-order chi connectivity index (χ1) is 8.58. The molecule has 4 nitrogen and oxygen atoms in total. The number of carbonyl (C=O) groups is 1. The summed E-state index contributed by atoms with van der Waals surface area (Å²) in [7, 11) is 0. The zero-order valence-corrected chi connectivity index (χ0v) is 10.4. The summed E-state index contributed by atoms with van der Waals surface area (Å²) < 4.78 is 0. The fraction of sp³-hybridized carbons (Fsp3) is 0.143. The Morgan fingerprint density at radius 1 is 1.28 bits per heavy atom. The summed E-state index contributed by atoms with van der Waals surface area (Å²) in [6, 6.07) is 8.95. The summed E-state index contributed by atoms with van der Waals surface area (Å²) in [5.41, 5.74) is 9.40. The van der Waals surface area contributed by atoms with Crippen LogP contribution in [-0.2, 0) is 0 Å². The zero-order chi connectivity index (χ0) is 13.1. The lowest BCUT2D eigenvalue weighted by Crippen LogP contribution is -2.14. The van der Waals surface area contributed by atoms with Gasteiger partial charge in [0.2, 0.25) is 0 Å². The van der Waals surface area contributed by atoms with Crippen molar-refractivity contribution in [3.63, 3.8) is 0 Å². The van der Waals surface area contributed by atoms with E-state index in [1.54, 1.807) is 24.4 Å². The van der Waals surface area contributed by atoms with Crippen molar-refractivity contribution in [3.8, 4) is 0 Å². The number of nitrogen functional groups attached to an aromatic ring is 1. The molecule has 1 aromatic carbocycles. The molecule has 2 aromatic rings. The normalized spacial score (nSPS) is 10.1. The van der Waals surface area contributed by atoms with Crippen LogP contribution in [0.4, 0.5) is 11.4 Å². The molecule has 3 N–H and O–H groups in total. The Hall–Kier alpha value is -2.36. The van der Waals surface area contributed by atoms with Crippen LogP contribution in [0.25, 0.3) is 0 Å². The molecule has 4 heteroatoms.